The third kappa shape index (κ3) is 14.6. The monoisotopic (exact) mass is 827 g/mol. The van der Waals surface area contributed by atoms with Crippen molar-refractivity contribution >= 4 is 5.91 Å². The SMILES string of the molecule is CCCC/C=C/C(O)C(COC1OC(CO)C(OC2OC(CO)C(OC3OC(CO)C(O)C(O)C3O)C(O)C2O)C(O)C1O)NC(=O)CCCCCCCCCC. The number of allylic oxidation sites excluding steroid dienone is 1. The zero-order chi connectivity index (χ0) is 42.1. The molecule has 0 aliphatic carbocycles. The van der Waals surface area contributed by atoms with E-state index in [1.54, 1.807) is 12.2 Å². The molecule has 19 nitrogen and oxygen atoms in total. The lowest BCUT2D eigenvalue weighted by Crippen LogP contribution is -2.66. The van der Waals surface area contributed by atoms with Gasteiger partial charge in [0, 0.05) is 6.42 Å². The van der Waals surface area contributed by atoms with E-state index in [0.717, 1.165) is 32.1 Å². The Balaban J connectivity index is 1.62. The zero-order valence-corrected chi connectivity index (χ0v) is 33.1. The van der Waals surface area contributed by atoms with E-state index in [9.17, 15) is 61.0 Å². The van der Waals surface area contributed by atoms with Crippen LogP contribution in [0.5, 0.6) is 0 Å². The van der Waals surface area contributed by atoms with Crippen molar-refractivity contribution in [2.45, 2.75) is 195 Å². The summed E-state index contributed by atoms with van der Waals surface area (Å²) in [5.41, 5.74) is 0. The third-order valence-corrected chi connectivity index (χ3v) is 10.6. The van der Waals surface area contributed by atoms with E-state index in [-0.39, 0.29) is 18.9 Å². The van der Waals surface area contributed by atoms with Gasteiger partial charge >= 0.3 is 0 Å². The van der Waals surface area contributed by atoms with Crippen molar-refractivity contribution in [3.05, 3.63) is 12.2 Å². The highest BCUT2D eigenvalue weighted by atomic mass is 16.8. The second-order valence-corrected chi connectivity index (χ2v) is 15.1. The Morgan fingerprint density at radius 2 is 1.09 bits per heavy atom. The first kappa shape index (κ1) is 49.9. The van der Waals surface area contributed by atoms with Crippen molar-refractivity contribution < 1.29 is 89.4 Å². The van der Waals surface area contributed by atoms with E-state index in [4.69, 9.17) is 28.4 Å². The number of unbranched alkanes of at least 4 members (excludes halogenated alkanes) is 9. The molecule has 0 saturated carbocycles. The number of nitrogens with one attached hydrogen (secondary N) is 1. The van der Waals surface area contributed by atoms with E-state index in [2.05, 4.69) is 12.2 Å². The number of carbonyl (C=O) groups excluding carboxylic acids is 1. The fraction of sp³-hybridized carbons (Fsp3) is 0.921. The molecule has 3 fully saturated rings. The van der Waals surface area contributed by atoms with Crippen LogP contribution in [0.2, 0.25) is 0 Å². The number of ether oxygens (including phenoxy) is 6. The molecule has 17 unspecified atom stereocenters. The van der Waals surface area contributed by atoms with Gasteiger partial charge in [0.05, 0.1) is 38.6 Å². The minimum Gasteiger partial charge on any atom is -0.394 e. The van der Waals surface area contributed by atoms with E-state index >= 15 is 0 Å². The lowest BCUT2D eigenvalue weighted by atomic mass is 9.96. The molecule has 3 saturated heterocycles. The van der Waals surface area contributed by atoms with Crippen LogP contribution in [-0.2, 0) is 33.2 Å². The van der Waals surface area contributed by atoms with Crippen LogP contribution in [0.15, 0.2) is 12.2 Å². The second kappa shape index (κ2) is 26.0. The maximum absolute atomic E-state index is 12.9. The highest BCUT2D eigenvalue weighted by Crippen LogP contribution is 2.32. The van der Waals surface area contributed by atoms with Crippen molar-refractivity contribution in [2.24, 2.45) is 0 Å². The maximum atomic E-state index is 12.9. The summed E-state index contributed by atoms with van der Waals surface area (Å²) in [6.45, 7) is 1.43. The van der Waals surface area contributed by atoms with Gasteiger partial charge in [-0.1, -0.05) is 83.8 Å². The maximum Gasteiger partial charge on any atom is 0.220 e. The Hall–Kier alpha value is -1.47. The van der Waals surface area contributed by atoms with Crippen molar-refractivity contribution in [3.8, 4) is 0 Å². The minimum atomic E-state index is -1.97. The summed E-state index contributed by atoms with van der Waals surface area (Å²) in [5, 5.41) is 118. The van der Waals surface area contributed by atoms with Crippen molar-refractivity contribution in [3.63, 3.8) is 0 Å². The second-order valence-electron chi connectivity index (χ2n) is 15.1. The van der Waals surface area contributed by atoms with Crippen LogP contribution in [0.3, 0.4) is 0 Å². The predicted molar refractivity (Wildman–Crippen MR) is 199 cm³/mol. The van der Waals surface area contributed by atoms with Gasteiger partial charge in [0.25, 0.3) is 0 Å². The molecule has 3 rings (SSSR count). The molecule has 0 aromatic rings. The Labute approximate surface area is 334 Å². The minimum absolute atomic E-state index is 0.242. The number of carbonyl (C=O) groups is 1. The molecule has 17 atom stereocenters. The molecule has 0 aromatic carbocycles. The fourth-order valence-electron chi connectivity index (χ4n) is 7.00. The van der Waals surface area contributed by atoms with Crippen LogP contribution in [-0.4, -0.2) is 193 Å². The Kier molecular flexibility index (Phi) is 22.8. The average molecular weight is 828 g/mol. The van der Waals surface area contributed by atoms with Crippen LogP contribution in [0, 0.1) is 0 Å². The van der Waals surface area contributed by atoms with E-state index < -0.39 is 124 Å². The van der Waals surface area contributed by atoms with E-state index in [0.29, 0.717) is 12.8 Å². The fourth-order valence-corrected chi connectivity index (χ4v) is 7.00. The summed E-state index contributed by atoms with van der Waals surface area (Å²) in [4.78, 5) is 12.9. The molecule has 0 aromatic heterocycles. The van der Waals surface area contributed by atoms with Gasteiger partial charge in [-0.3, -0.25) is 4.79 Å². The number of hydrogen-bond donors (Lipinski definition) is 12. The first-order chi connectivity index (χ1) is 27.3. The summed E-state index contributed by atoms with van der Waals surface area (Å²) < 4.78 is 33.7. The third-order valence-electron chi connectivity index (χ3n) is 10.6. The van der Waals surface area contributed by atoms with E-state index in [1.165, 1.54) is 25.7 Å². The number of aliphatic hydroxyl groups is 11. The highest BCUT2D eigenvalue weighted by Gasteiger charge is 2.53. The first-order valence-electron chi connectivity index (χ1n) is 20.4. The molecule has 0 radical (unpaired) electrons. The Morgan fingerprint density at radius 1 is 0.614 bits per heavy atom. The molecule has 334 valence electrons. The van der Waals surface area contributed by atoms with Crippen molar-refractivity contribution in [1.29, 1.82) is 0 Å². The summed E-state index contributed by atoms with van der Waals surface area (Å²) in [7, 11) is 0. The van der Waals surface area contributed by atoms with Crippen molar-refractivity contribution in [1.82, 2.24) is 5.32 Å². The molecular formula is C38H69NO18. The van der Waals surface area contributed by atoms with Gasteiger partial charge in [-0.15, -0.1) is 0 Å². The normalized spacial score (nSPS) is 37.3. The summed E-state index contributed by atoms with van der Waals surface area (Å²) in [6.07, 6.45) is -12.1. The molecule has 1 amide bonds. The van der Waals surface area contributed by atoms with Gasteiger partial charge in [-0.25, -0.2) is 0 Å². The Bertz CT molecular complexity index is 1130. The number of hydrogen-bond acceptors (Lipinski definition) is 18. The van der Waals surface area contributed by atoms with Crippen LogP contribution in [0.4, 0.5) is 0 Å². The summed E-state index contributed by atoms with van der Waals surface area (Å²) >= 11 is 0. The van der Waals surface area contributed by atoms with E-state index in [1.807, 2.05) is 6.92 Å². The lowest BCUT2D eigenvalue weighted by molar-refractivity contribution is -0.379. The molecule has 19 heteroatoms. The highest BCUT2D eigenvalue weighted by molar-refractivity contribution is 5.76. The molecule has 57 heavy (non-hydrogen) atoms. The standard InChI is InChI=1S/C38H69NO18/c1-3-5-7-9-10-11-12-14-16-26(44)39-21(22(43)15-13-8-6-4-2)20-52-36-32(50)29(47)34(24(18-41)54-36)57-38-33(51)30(48)35(25(19-42)55-38)56-37-31(49)28(46)27(45)23(17-40)53-37/h13,15,21-25,27-38,40-43,45-51H,3-12,14,16-20H2,1-2H3,(H,39,44)/b15-13+. The van der Waals surface area contributed by atoms with Crippen LogP contribution < -0.4 is 5.32 Å². The Morgan fingerprint density at radius 3 is 1.63 bits per heavy atom. The number of rotatable bonds is 25. The quantitative estimate of drug-likeness (QED) is 0.0337. The molecule has 3 heterocycles. The first-order valence-corrected chi connectivity index (χ1v) is 20.4. The van der Waals surface area contributed by atoms with Gasteiger partial charge in [-0.05, 0) is 12.8 Å². The lowest BCUT2D eigenvalue weighted by Gasteiger charge is -2.48. The number of aliphatic hydroxyl groups excluding tert-OH is 11. The predicted octanol–water partition coefficient (Wildman–Crippen LogP) is -2.43. The largest absolute Gasteiger partial charge is 0.394 e. The summed E-state index contributed by atoms with van der Waals surface area (Å²) in [5.74, 6) is -0.294. The zero-order valence-electron chi connectivity index (χ0n) is 33.1. The average Bonchev–Trinajstić information content (AvgIpc) is 3.20. The molecule has 0 spiro atoms. The molecule has 12 N–H and O–H groups in total. The van der Waals surface area contributed by atoms with Gasteiger partial charge in [-0.2, -0.15) is 0 Å². The topological polar surface area (TPSA) is 307 Å². The van der Waals surface area contributed by atoms with Gasteiger partial charge in [0.1, 0.15) is 73.2 Å². The molecule has 3 aliphatic rings. The number of amides is 1. The molecule has 3 aliphatic heterocycles. The molecular weight excluding hydrogens is 758 g/mol. The van der Waals surface area contributed by atoms with Crippen LogP contribution in [0.25, 0.3) is 0 Å². The van der Waals surface area contributed by atoms with Gasteiger partial charge < -0.3 is 89.9 Å². The van der Waals surface area contributed by atoms with Gasteiger partial charge in [0.15, 0.2) is 18.9 Å². The molecule has 0 bridgehead atoms. The van der Waals surface area contributed by atoms with Crippen LogP contribution >= 0.6 is 0 Å². The van der Waals surface area contributed by atoms with Gasteiger partial charge in [0.2, 0.25) is 5.91 Å². The van der Waals surface area contributed by atoms with Crippen LogP contribution in [0.1, 0.15) is 90.9 Å². The smallest absolute Gasteiger partial charge is 0.220 e. The van der Waals surface area contributed by atoms with Crippen molar-refractivity contribution in [2.75, 3.05) is 26.4 Å². The summed E-state index contributed by atoms with van der Waals surface area (Å²) in [6, 6.07) is -0.959.